The standard InChI is InChI=1S/C21H27N7S/c1-2-22-21(26-18-8-10-28(11-9-18)19-7-4-12-29-19)23-14-16-5-3-6-17(13-16)20-24-15-25-27-20/h3-7,12-13,15,18H,2,8-11,14H2,1H3,(H2,22,23,26)(H,24,25,27). The lowest BCUT2D eigenvalue weighted by Gasteiger charge is -2.33. The third-order valence-electron chi connectivity index (χ3n) is 5.03. The van der Waals surface area contributed by atoms with Gasteiger partial charge in [-0.05, 0) is 48.9 Å². The second-order valence-electron chi connectivity index (χ2n) is 7.09. The summed E-state index contributed by atoms with van der Waals surface area (Å²) in [6.45, 7) is 5.72. The number of hydrogen-bond acceptors (Lipinski definition) is 5. The Morgan fingerprint density at radius 1 is 1.28 bits per heavy atom. The smallest absolute Gasteiger partial charge is 0.191 e. The van der Waals surface area contributed by atoms with Crippen molar-refractivity contribution in [1.82, 2.24) is 25.8 Å². The molecule has 0 unspecified atom stereocenters. The van der Waals surface area contributed by atoms with E-state index in [-0.39, 0.29) is 0 Å². The highest BCUT2D eigenvalue weighted by molar-refractivity contribution is 7.14. The van der Waals surface area contributed by atoms with Crippen molar-refractivity contribution in [2.45, 2.75) is 32.4 Å². The second kappa shape index (κ2) is 9.56. The summed E-state index contributed by atoms with van der Waals surface area (Å²) in [5.41, 5.74) is 2.16. The molecule has 0 bridgehead atoms. The van der Waals surface area contributed by atoms with Gasteiger partial charge in [-0.25, -0.2) is 9.98 Å². The van der Waals surface area contributed by atoms with Gasteiger partial charge in [0.1, 0.15) is 6.33 Å². The second-order valence-corrected chi connectivity index (χ2v) is 8.01. The molecule has 0 aliphatic carbocycles. The fourth-order valence-electron chi connectivity index (χ4n) is 3.54. The molecular formula is C21H27N7S. The molecule has 29 heavy (non-hydrogen) atoms. The summed E-state index contributed by atoms with van der Waals surface area (Å²) < 4.78 is 0. The Morgan fingerprint density at radius 2 is 2.17 bits per heavy atom. The summed E-state index contributed by atoms with van der Waals surface area (Å²) in [5.74, 6) is 1.66. The Hall–Kier alpha value is -2.87. The Morgan fingerprint density at radius 3 is 2.90 bits per heavy atom. The van der Waals surface area contributed by atoms with E-state index >= 15 is 0 Å². The highest BCUT2D eigenvalue weighted by atomic mass is 32.1. The van der Waals surface area contributed by atoms with Crippen molar-refractivity contribution in [2.75, 3.05) is 24.5 Å². The molecular weight excluding hydrogens is 382 g/mol. The van der Waals surface area contributed by atoms with E-state index in [1.54, 1.807) is 0 Å². The van der Waals surface area contributed by atoms with Gasteiger partial charge < -0.3 is 15.5 Å². The summed E-state index contributed by atoms with van der Waals surface area (Å²) in [7, 11) is 0. The average molecular weight is 410 g/mol. The van der Waals surface area contributed by atoms with Crippen LogP contribution in [0.5, 0.6) is 0 Å². The summed E-state index contributed by atoms with van der Waals surface area (Å²) in [6, 6.07) is 13.0. The van der Waals surface area contributed by atoms with Crippen LogP contribution >= 0.6 is 11.3 Å². The molecule has 0 radical (unpaired) electrons. The topological polar surface area (TPSA) is 81.2 Å². The van der Waals surface area contributed by atoms with Crippen molar-refractivity contribution >= 4 is 22.3 Å². The lowest BCUT2D eigenvalue weighted by Crippen LogP contribution is -2.48. The largest absolute Gasteiger partial charge is 0.363 e. The molecule has 1 fully saturated rings. The molecule has 3 N–H and O–H groups in total. The third kappa shape index (κ3) is 5.14. The van der Waals surface area contributed by atoms with Crippen LogP contribution in [0.25, 0.3) is 11.4 Å². The Kier molecular flexibility index (Phi) is 6.41. The zero-order valence-corrected chi connectivity index (χ0v) is 17.5. The zero-order chi connectivity index (χ0) is 19.9. The van der Waals surface area contributed by atoms with Crippen LogP contribution < -0.4 is 15.5 Å². The average Bonchev–Trinajstić information content (AvgIpc) is 3.47. The Balaban J connectivity index is 1.35. The number of aliphatic imine (C=N–C) groups is 1. The first-order valence-electron chi connectivity index (χ1n) is 10.1. The van der Waals surface area contributed by atoms with Gasteiger partial charge in [0, 0.05) is 31.2 Å². The predicted octanol–water partition coefficient (Wildman–Crippen LogP) is 3.26. The van der Waals surface area contributed by atoms with Gasteiger partial charge in [-0.15, -0.1) is 11.3 Å². The Labute approximate surface area is 175 Å². The number of thiophene rings is 1. The summed E-state index contributed by atoms with van der Waals surface area (Å²) in [5, 5.41) is 17.4. The first-order valence-corrected chi connectivity index (χ1v) is 11.0. The number of benzene rings is 1. The molecule has 1 aliphatic heterocycles. The van der Waals surface area contributed by atoms with E-state index in [9.17, 15) is 0 Å². The van der Waals surface area contributed by atoms with Crippen molar-refractivity contribution in [3.8, 4) is 11.4 Å². The molecule has 1 aromatic carbocycles. The molecule has 4 rings (SSSR count). The number of hydrogen-bond donors (Lipinski definition) is 3. The van der Waals surface area contributed by atoms with Crippen LogP contribution in [-0.2, 0) is 6.54 Å². The molecule has 3 heterocycles. The molecule has 0 saturated carbocycles. The number of nitrogens with zero attached hydrogens (tertiary/aromatic N) is 4. The van der Waals surface area contributed by atoms with Crippen LogP contribution in [0.3, 0.4) is 0 Å². The number of aromatic amines is 1. The minimum Gasteiger partial charge on any atom is -0.363 e. The van der Waals surface area contributed by atoms with Gasteiger partial charge in [0.15, 0.2) is 11.8 Å². The van der Waals surface area contributed by atoms with Crippen LogP contribution in [0.4, 0.5) is 5.00 Å². The molecule has 0 amide bonds. The maximum absolute atomic E-state index is 4.81. The molecule has 7 nitrogen and oxygen atoms in total. The predicted molar refractivity (Wildman–Crippen MR) is 119 cm³/mol. The number of piperidine rings is 1. The van der Waals surface area contributed by atoms with E-state index < -0.39 is 0 Å². The highest BCUT2D eigenvalue weighted by Crippen LogP contribution is 2.24. The van der Waals surface area contributed by atoms with Crippen LogP contribution in [0.1, 0.15) is 25.3 Å². The van der Waals surface area contributed by atoms with Crippen molar-refractivity contribution in [3.63, 3.8) is 0 Å². The van der Waals surface area contributed by atoms with Gasteiger partial charge >= 0.3 is 0 Å². The van der Waals surface area contributed by atoms with Crippen LogP contribution in [0.2, 0.25) is 0 Å². The third-order valence-corrected chi connectivity index (χ3v) is 5.96. The van der Waals surface area contributed by atoms with Crippen LogP contribution in [-0.4, -0.2) is 46.8 Å². The number of nitrogens with one attached hydrogen (secondary N) is 3. The zero-order valence-electron chi connectivity index (χ0n) is 16.6. The minimum atomic E-state index is 0.449. The fourth-order valence-corrected chi connectivity index (χ4v) is 4.32. The molecule has 3 aromatic rings. The highest BCUT2D eigenvalue weighted by Gasteiger charge is 2.20. The van der Waals surface area contributed by atoms with Gasteiger partial charge in [0.05, 0.1) is 11.5 Å². The molecule has 152 valence electrons. The maximum Gasteiger partial charge on any atom is 0.191 e. The summed E-state index contributed by atoms with van der Waals surface area (Å²) in [6.07, 6.45) is 3.75. The quantitative estimate of drug-likeness (QED) is 0.430. The van der Waals surface area contributed by atoms with Crippen molar-refractivity contribution in [2.24, 2.45) is 4.99 Å². The van der Waals surface area contributed by atoms with Crippen molar-refractivity contribution < 1.29 is 0 Å². The molecule has 0 spiro atoms. The maximum atomic E-state index is 4.81. The summed E-state index contributed by atoms with van der Waals surface area (Å²) >= 11 is 1.82. The van der Waals surface area contributed by atoms with Gasteiger partial charge in [-0.1, -0.05) is 18.2 Å². The van der Waals surface area contributed by atoms with E-state index in [0.29, 0.717) is 12.6 Å². The lowest BCUT2D eigenvalue weighted by molar-refractivity contribution is 0.463. The molecule has 1 aliphatic rings. The van der Waals surface area contributed by atoms with E-state index in [4.69, 9.17) is 4.99 Å². The van der Waals surface area contributed by atoms with Gasteiger partial charge in [0.25, 0.3) is 0 Å². The van der Waals surface area contributed by atoms with Crippen molar-refractivity contribution in [1.29, 1.82) is 0 Å². The summed E-state index contributed by atoms with van der Waals surface area (Å²) in [4.78, 5) is 11.5. The monoisotopic (exact) mass is 409 g/mol. The lowest BCUT2D eigenvalue weighted by atomic mass is 10.1. The van der Waals surface area contributed by atoms with E-state index in [1.807, 2.05) is 23.5 Å². The normalized spacial score (nSPS) is 15.5. The fraction of sp³-hybridized carbons (Fsp3) is 0.381. The number of H-pyrrole nitrogens is 1. The minimum absolute atomic E-state index is 0.449. The SMILES string of the molecule is CCNC(=NCc1cccc(-c2ncn[nH]2)c1)NC1CCN(c2cccs2)CC1. The first kappa shape index (κ1) is 19.4. The molecule has 8 heteroatoms. The first-order chi connectivity index (χ1) is 14.3. The van der Waals surface area contributed by atoms with Crippen LogP contribution in [0.15, 0.2) is 53.1 Å². The Bertz CT molecular complexity index is 897. The van der Waals surface area contributed by atoms with Gasteiger partial charge in [-0.2, -0.15) is 5.10 Å². The van der Waals surface area contributed by atoms with Crippen LogP contribution in [0, 0.1) is 0 Å². The van der Waals surface area contributed by atoms with E-state index in [2.05, 4.69) is 67.3 Å². The molecule has 2 aromatic heterocycles. The molecule has 0 atom stereocenters. The molecule has 1 saturated heterocycles. The number of anilines is 1. The van der Waals surface area contributed by atoms with E-state index in [1.165, 1.54) is 11.3 Å². The van der Waals surface area contributed by atoms with Gasteiger partial charge in [-0.3, -0.25) is 5.10 Å². The number of aromatic nitrogens is 3. The number of rotatable bonds is 6. The van der Waals surface area contributed by atoms with Gasteiger partial charge in [0.2, 0.25) is 0 Å². The van der Waals surface area contributed by atoms with E-state index in [0.717, 1.165) is 55.4 Å². The van der Waals surface area contributed by atoms with Crippen molar-refractivity contribution in [3.05, 3.63) is 53.7 Å². The number of guanidine groups is 1.